The van der Waals surface area contributed by atoms with Crippen LogP contribution in [0.4, 0.5) is 11.4 Å². The molecule has 0 spiro atoms. The van der Waals surface area contributed by atoms with Gasteiger partial charge in [-0.05, 0) is 68.8 Å². The average Bonchev–Trinajstić information content (AvgIpc) is 2.64. The first kappa shape index (κ1) is 24.3. The van der Waals surface area contributed by atoms with Crippen molar-refractivity contribution in [2.45, 2.75) is 67.2 Å². The van der Waals surface area contributed by atoms with Gasteiger partial charge in [0.15, 0.2) is 0 Å². The number of anilines is 2. The molecule has 3 heteroatoms. The Balaban J connectivity index is 1.91. The van der Waals surface area contributed by atoms with Crippen LogP contribution in [0.3, 0.4) is 0 Å². The minimum absolute atomic E-state index is 0.521. The first-order chi connectivity index (χ1) is 14.1. The van der Waals surface area contributed by atoms with Crippen molar-refractivity contribution in [3.8, 4) is 0 Å². The summed E-state index contributed by atoms with van der Waals surface area (Å²) in [6.07, 6.45) is 0. The molecule has 0 radical (unpaired) electrons. The van der Waals surface area contributed by atoms with E-state index in [4.69, 9.17) is 0 Å². The first-order valence-corrected chi connectivity index (χ1v) is 11.5. The minimum atomic E-state index is 0.521. The van der Waals surface area contributed by atoms with Gasteiger partial charge in [0.25, 0.3) is 0 Å². The van der Waals surface area contributed by atoms with Crippen LogP contribution in [0.2, 0.25) is 0 Å². The van der Waals surface area contributed by atoms with Crippen LogP contribution in [0.1, 0.15) is 72.9 Å². The molecular weight excluding hydrogens is 366 g/mol. The van der Waals surface area contributed by atoms with E-state index in [1.807, 2.05) is 0 Å². The maximum Gasteiger partial charge on any atom is 0.0411 e. The van der Waals surface area contributed by atoms with Gasteiger partial charge in [-0.15, -0.1) is 0 Å². The lowest BCUT2D eigenvalue weighted by Gasteiger charge is -2.24. The minimum Gasteiger partial charge on any atom is -0.383 e. The van der Waals surface area contributed by atoms with Gasteiger partial charge in [0, 0.05) is 37.6 Å². The van der Waals surface area contributed by atoms with E-state index >= 15 is 0 Å². The maximum atomic E-state index is 3.77. The predicted molar refractivity (Wildman–Crippen MR) is 134 cm³/mol. The molecule has 0 heterocycles. The molecule has 0 saturated heterocycles. The summed E-state index contributed by atoms with van der Waals surface area (Å²) in [6, 6.07) is 9.20. The molecule has 2 aromatic carbocycles. The quantitative estimate of drug-likeness (QED) is 0.461. The molecule has 0 fully saturated rings. The van der Waals surface area contributed by atoms with Gasteiger partial charge in [-0.3, -0.25) is 0 Å². The Morgan fingerprint density at radius 1 is 0.667 bits per heavy atom. The molecule has 0 bridgehead atoms. The fraction of sp³-hybridized carbons (Fsp3) is 0.556. The lowest BCUT2D eigenvalue weighted by Crippen LogP contribution is -2.30. The van der Waals surface area contributed by atoms with Gasteiger partial charge in [-0.2, -0.15) is 0 Å². The fourth-order valence-corrected chi connectivity index (χ4v) is 4.27. The Kier molecular flexibility index (Phi) is 8.78. The summed E-state index contributed by atoms with van der Waals surface area (Å²) in [5.74, 6) is 1.04. The third-order valence-corrected chi connectivity index (χ3v) is 5.86. The van der Waals surface area contributed by atoms with Crippen molar-refractivity contribution >= 4 is 11.4 Å². The smallest absolute Gasteiger partial charge is 0.0411 e. The van der Waals surface area contributed by atoms with Crippen LogP contribution in [-0.2, 0) is 0 Å². The molecule has 0 atom stereocenters. The summed E-state index contributed by atoms with van der Waals surface area (Å²) in [5, 5.41) is 7.41. The van der Waals surface area contributed by atoms with Crippen molar-refractivity contribution in [3.05, 3.63) is 57.6 Å². The van der Waals surface area contributed by atoms with E-state index in [1.54, 1.807) is 0 Å². The van der Waals surface area contributed by atoms with Crippen molar-refractivity contribution in [1.82, 2.24) is 4.90 Å². The standard InChI is InChI=1S/C27H43N3/c1-18(2)24-16-21(6)17-25(19(3)4)27(24)29-11-13-30(9)12-10-28-26-22(7)14-20(5)15-23(26)8/h14-19,28-29H,10-13H2,1-9H3. The van der Waals surface area contributed by atoms with Gasteiger partial charge < -0.3 is 15.5 Å². The summed E-state index contributed by atoms with van der Waals surface area (Å²) in [6.45, 7) is 21.9. The number of aryl methyl sites for hydroxylation is 4. The molecule has 2 N–H and O–H groups in total. The summed E-state index contributed by atoms with van der Waals surface area (Å²) >= 11 is 0. The van der Waals surface area contributed by atoms with E-state index in [1.165, 1.54) is 44.8 Å². The number of rotatable bonds is 10. The van der Waals surface area contributed by atoms with Crippen molar-refractivity contribution in [2.75, 3.05) is 43.9 Å². The topological polar surface area (TPSA) is 27.3 Å². The molecule has 0 amide bonds. The Bertz CT molecular complexity index is 784. The summed E-state index contributed by atoms with van der Waals surface area (Å²) < 4.78 is 0. The summed E-state index contributed by atoms with van der Waals surface area (Å²) in [4.78, 5) is 2.40. The Morgan fingerprint density at radius 2 is 1.07 bits per heavy atom. The summed E-state index contributed by atoms with van der Waals surface area (Å²) in [5.41, 5.74) is 10.9. The molecule has 3 nitrogen and oxygen atoms in total. The second-order valence-corrected chi connectivity index (χ2v) is 9.56. The number of nitrogens with zero attached hydrogens (tertiary/aromatic N) is 1. The molecule has 0 aliphatic carbocycles. The zero-order valence-corrected chi connectivity index (χ0v) is 20.7. The first-order valence-electron chi connectivity index (χ1n) is 11.5. The van der Waals surface area contributed by atoms with Crippen LogP contribution in [0.15, 0.2) is 24.3 Å². The van der Waals surface area contributed by atoms with Crippen molar-refractivity contribution in [1.29, 1.82) is 0 Å². The zero-order chi connectivity index (χ0) is 22.4. The fourth-order valence-electron chi connectivity index (χ4n) is 4.27. The molecule has 2 aromatic rings. The zero-order valence-electron chi connectivity index (χ0n) is 20.7. The number of likely N-dealkylation sites (N-methyl/N-ethyl adjacent to an activating group) is 1. The van der Waals surface area contributed by atoms with E-state index < -0.39 is 0 Å². The molecule has 30 heavy (non-hydrogen) atoms. The maximum absolute atomic E-state index is 3.77. The second-order valence-electron chi connectivity index (χ2n) is 9.56. The number of nitrogens with one attached hydrogen (secondary N) is 2. The van der Waals surface area contributed by atoms with E-state index in [-0.39, 0.29) is 0 Å². The van der Waals surface area contributed by atoms with Crippen molar-refractivity contribution in [3.63, 3.8) is 0 Å². The molecule has 0 aliphatic rings. The number of hydrogen-bond acceptors (Lipinski definition) is 3. The van der Waals surface area contributed by atoms with Gasteiger partial charge >= 0.3 is 0 Å². The van der Waals surface area contributed by atoms with Gasteiger partial charge in [0.2, 0.25) is 0 Å². The largest absolute Gasteiger partial charge is 0.383 e. The van der Waals surface area contributed by atoms with Crippen LogP contribution in [0, 0.1) is 27.7 Å². The number of hydrogen-bond donors (Lipinski definition) is 2. The van der Waals surface area contributed by atoms with Gasteiger partial charge in [-0.1, -0.05) is 63.1 Å². The highest BCUT2D eigenvalue weighted by molar-refractivity contribution is 5.61. The van der Waals surface area contributed by atoms with Gasteiger partial charge in [-0.25, -0.2) is 0 Å². The highest BCUT2D eigenvalue weighted by atomic mass is 15.1. The van der Waals surface area contributed by atoms with Crippen molar-refractivity contribution < 1.29 is 0 Å². The molecule has 0 aliphatic heterocycles. The SMILES string of the molecule is Cc1cc(C)c(NCCN(C)CCNc2c(C(C)C)cc(C)cc2C(C)C)c(C)c1. The van der Waals surface area contributed by atoms with Gasteiger partial charge in [0.05, 0.1) is 0 Å². The van der Waals surface area contributed by atoms with Crippen LogP contribution in [0.5, 0.6) is 0 Å². The third kappa shape index (κ3) is 6.50. The van der Waals surface area contributed by atoms with Gasteiger partial charge in [0.1, 0.15) is 0 Å². The molecule has 0 unspecified atom stereocenters. The van der Waals surface area contributed by atoms with Crippen LogP contribution in [0.25, 0.3) is 0 Å². The van der Waals surface area contributed by atoms with E-state index in [0.717, 1.165) is 26.2 Å². The van der Waals surface area contributed by atoms with E-state index in [2.05, 4.69) is 102 Å². The van der Waals surface area contributed by atoms with Crippen LogP contribution < -0.4 is 10.6 Å². The van der Waals surface area contributed by atoms with E-state index in [0.29, 0.717) is 11.8 Å². The highest BCUT2D eigenvalue weighted by Gasteiger charge is 2.15. The highest BCUT2D eigenvalue weighted by Crippen LogP contribution is 2.33. The van der Waals surface area contributed by atoms with Crippen LogP contribution in [-0.4, -0.2) is 38.1 Å². The van der Waals surface area contributed by atoms with Crippen LogP contribution >= 0.6 is 0 Å². The third-order valence-electron chi connectivity index (χ3n) is 5.86. The average molecular weight is 410 g/mol. The number of benzene rings is 2. The summed E-state index contributed by atoms with van der Waals surface area (Å²) in [7, 11) is 2.21. The monoisotopic (exact) mass is 409 g/mol. The van der Waals surface area contributed by atoms with Crippen molar-refractivity contribution in [2.24, 2.45) is 0 Å². The Morgan fingerprint density at radius 3 is 1.50 bits per heavy atom. The van der Waals surface area contributed by atoms with E-state index in [9.17, 15) is 0 Å². The molecule has 2 rings (SSSR count). The molecule has 0 saturated carbocycles. The lowest BCUT2D eigenvalue weighted by molar-refractivity contribution is 0.360. The second kappa shape index (κ2) is 10.9. The molecule has 0 aromatic heterocycles. The molecular formula is C27H43N3. The predicted octanol–water partition coefficient (Wildman–Crippen LogP) is 6.62. The Labute approximate surface area is 185 Å². The normalized spacial score (nSPS) is 11.6. The Hall–Kier alpha value is -2.00. The lowest BCUT2D eigenvalue weighted by atomic mass is 9.90. The molecule has 166 valence electrons.